The minimum Gasteiger partial charge on any atom is -0.383 e. The number of imidazole rings is 1. The minimum absolute atomic E-state index is 0.700. The van der Waals surface area contributed by atoms with Crippen LogP contribution in [0.2, 0.25) is 5.02 Å². The molecule has 0 radical (unpaired) electrons. The quantitative estimate of drug-likeness (QED) is 0.524. The number of halogens is 1. The smallest absolute Gasteiger partial charge is 0.0951 e. The third-order valence-electron chi connectivity index (χ3n) is 4.18. The van der Waals surface area contributed by atoms with E-state index in [9.17, 15) is 0 Å². The molecule has 3 heterocycles. The van der Waals surface area contributed by atoms with Crippen molar-refractivity contribution in [2.24, 2.45) is 0 Å². The van der Waals surface area contributed by atoms with Crippen LogP contribution in [0.1, 0.15) is 5.56 Å². The van der Waals surface area contributed by atoms with Gasteiger partial charge in [-0.1, -0.05) is 11.6 Å². The molecule has 1 N–H and O–H groups in total. The molecule has 0 saturated carbocycles. The summed E-state index contributed by atoms with van der Waals surface area (Å²) in [4.78, 5) is 9.98. The van der Waals surface area contributed by atoms with Gasteiger partial charge in [-0.25, -0.2) is 4.98 Å². The summed E-state index contributed by atoms with van der Waals surface area (Å²) in [6.07, 6.45) is 5.63. The van der Waals surface area contributed by atoms with Crippen LogP contribution in [0.3, 0.4) is 0 Å². The lowest BCUT2D eigenvalue weighted by molar-refractivity contribution is 0.734. The second-order valence-corrected chi connectivity index (χ2v) is 7.20. The summed E-state index contributed by atoms with van der Waals surface area (Å²) in [6, 6.07) is 9.92. The average Bonchev–Trinajstić information content (AvgIpc) is 3.23. The number of benzene rings is 1. The van der Waals surface area contributed by atoms with Gasteiger partial charge >= 0.3 is 0 Å². The van der Waals surface area contributed by atoms with E-state index in [2.05, 4.69) is 38.2 Å². The normalized spacial score (nSPS) is 11.1. The SMILES string of the molecule is Cc1ccsc1-c1cncn1CCNc1ccnc2cc(Cl)ccc12. The predicted octanol–water partition coefficient (Wildman–Crippen LogP) is 5.23. The van der Waals surface area contributed by atoms with Crippen LogP contribution < -0.4 is 5.32 Å². The third kappa shape index (κ3) is 3.25. The molecule has 0 saturated heterocycles. The van der Waals surface area contributed by atoms with E-state index in [-0.39, 0.29) is 0 Å². The van der Waals surface area contributed by atoms with Crippen LogP contribution in [0.15, 0.2) is 54.4 Å². The number of aryl methyl sites for hydroxylation is 1. The van der Waals surface area contributed by atoms with Crippen molar-refractivity contribution in [2.45, 2.75) is 13.5 Å². The Morgan fingerprint density at radius 2 is 2.16 bits per heavy atom. The largest absolute Gasteiger partial charge is 0.383 e. The second kappa shape index (κ2) is 6.86. The molecular weight excluding hydrogens is 352 g/mol. The van der Waals surface area contributed by atoms with Gasteiger partial charge in [0.15, 0.2) is 0 Å². The standard InChI is InChI=1S/C19H17ClN4S/c1-13-5-9-25-19(13)18-11-21-12-24(18)8-7-23-16-4-6-22-17-10-14(20)2-3-15(16)17/h2-6,9-12H,7-8H2,1H3,(H,22,23). The zero-order valence-corrected chi connectivity index (χ0v) is 15.3. The summed E-state index contributed by atoms with van der Waals surface area (Å²) >= 11 is 7.80. The maximum atomic E-state index is 6.05. The van der Waals surface area contributed by atoms with Crippen LogP contribution in [0.5, 0.6) is 0 Å². The molecule has 0 atom stereocenters. The lowest BCUT2D eigenvalue weighted by atomic mass is 10.2. The number of anilines is 1. The van der Waals surface area contributed by atoms with Gasteiger partial charge in [-0.15, -0.1) is 11.3 Å². The van der Waals surface area contributed by atoms with Crippen LogP contribution >= 0.6 is 22.9 Å². The molecule has 126 valence electrons. The van der Waals surface area contributed by atoms with Gasteiger partial charge in [-0.2, -0.15) is 0 Å². The summed E-state index contributed by atoms with van der Waals surface area (Å²) in [7, 11) is 0. The number of hydrogen-bond donors (Lipinski definition) is 1. The molecule has 25 heavy (non-hydrogen) atoms. The molecule has 0 spiro atoms. The second-order valence-electron chi connectivity index (χ2n) is 5.85. The average molecular weight is 369 g/mol. The maximum Gasteiger partial charge on any atom is 0.0951 e. The summed E-state index contributed by atoms with van der Waals surface area (Å²) in [5, 5.41) is 7.40. The van der Waals surface area contributed by atoms with Crippen LogP contribution in [-0.2, 0) is 6.54 Å². The van der Waals surface area contributed by atoms with Crippen LogP contribution in [-0.4, -0.2) is 21.1 Å². The zero-order chi connectivity index (χ0) is 17.2. The summed E-state index contributed by atoms with van der Waals surface area (Å²) in [5.41, 5.74) is 4.42. The molecule has 4 rings (SSSR count). The van der Waals surface area contributed by atoms with Crippen LogP contribution in [0.4, 0.5) is 5.69 Å². The van der Waals surface area contributed by atoms with Gasteiger partial charge in [0.1, 0.15) is 0 Å². The van der Waals surface area contributed by atoms with Gasteiger partial charge in [0.05, 0.1) is 28.6 Å². The maximum absolute atomic E-state index is 6.05. The molecule has 4 aromatic rings. The molecule has 0 amide bonds. The molecule has 1 aromatic carbocycles. The molecule has 0 bridgehead atoms. The minimum atomic E-state index is 0.700. The van der Waals surface area contributed by atoms with E-state index in [0.717, 1.165) is 29.7 Å². The van der Waals surface area contributed by atoms with E-state index in [0.29, 0.717) is 5.02 Å². The van der Waals surface area contributed by atoms with Crippen molar-refractivity contribution in [1.29, 1.82) is 0 Å². The van der Waals surface area contributed by atoms with Gasteiger partial charge in [0, 0.05) is 35.4 Å². The molecule has 6 heteroatoms. The fourth-order valence-corrected chi connectivity index (χ4v) is 4.03. The lowest BCUT2D eigenvalue weighted by Gasteiger charge is -2.12. The monoisotopic (exact) mass is 368 g/mol. The van der Waals surface area contributed by atoms with Crippen molar-refractivity contribution in [2.75, 3.05) is 11.9 Å². The Hall–Kier alpha value is -2.37. The molecule has 3 aromatic heterocycles. The van der Waals surface area contributed by atoms with Gasteiger partial charge < -0.3 is 9.88 Å². The molecular formula is C19H17ClN4S. The summed E-state index contributed by atoms with van der Waals surface area (Å²) < 4.78 is 2.19. The highest BCUT2D eigenvalue weighted by Gasteiger charge is 2.09. The molecule has 0 fully saturated rings. The Kier molecular flexibility index (Phi) is 4.42. The highest BCUT2D eigenvalue weighted by molar-refractivity contribution is 7.13. The number of rotatable bonds is 5. The highest BCUT2D eigenvalue weighted by atomic mass is 35.5. The summed E-state index contributed by atoms with van der Waals surface area (Å²) in [6.45, 7) is 3.77. The van der Waals surface area contributed by atoms with E-state index < -0.39 is 0 Å². The topological polar surface area (TPSA) is 42.7 Å². The van der Waals surface area contributed by atoms with Gasteiger partial charge in [0.25, 0.3) is 0 Å². The van der Waals surface area contributed by atoms with Crippen molar-refractivity contribution in [3.63, 3.8) is 0 Å². The number of pyridine rings is 1. The number of thiophene rings is 1. The van der Waals surface area contributed by atoms with Crippen molar-refractivity contribution in [3.05, 3.63) is 65.0 Å². The first-order valence-corrected chi connectivity index (χ1v) is 9.31. The predicted molar refractivity (Wildman–Crippen MR) is 106 cm³/mol. The van der Waals surface area contributed by atoms with E-state index in [4.69, 9.17) is 11.6 Å². The highest BCUT2D eigenvalue weighted by Crippen LogP contribution is 2.29. The molecule has 0 unspecified atom stereocenters. The number of nitrogens with zero attached hydrogens (tertiary/aromatic N) is 3. The Bertz CT molecular complexity index is 1020. The number of aromatic nitrogens is 3. The lowest BCUT2D eigenvalue weighted by Crippen LogP contribution is -2.11. The third-order valence-corrected chi connectivity index (χ3v) is 5.45. The van der Waals surface area contributed by atoms with Crippen LogP contribution in [0.25, 0.3) is 21.5 Å². The first-order chi connectivity index (χ1) is 12.2. The number of nitrogens with one attached hydrogen (secondary N) is 1. The molecule has 0 aliphatic heterocycles. The van der Waals surface area contributed by atoms with Gasteiger partial charge in [-0.3, -0.25) is 4.98 Å². The van der Waals surface area contributed by atoms with E-state index in [1.54, 1.807) is 17.5 Å². The Labute approximate surface area is 155 Å². The molecule has 0 aliphatic carbocycles. The fourth-order valence-electron chi connectivity index (χ4n) is 2.91. The van der Waals surface area contributed by atoms with Gasteiger partial charge in [0.2, 0.25) is 0 Å². The zero-order valence-electron chi connectivity index (χ0n) is 13.7. The van der Waals surface area contributed by atoms with E-state index >= 15 is 0 Å². The summed E-state index contributed by atoms with van der Waals surface area (Å²) in [5.74, 6) is 0. The Balaban J connectivity index is 1.51. The number of hydrogen-bond acceptors (Lipinski definition) is 4. The fraction of sp³-hybridized carbons (Fsp3) is 0.158. The van der Waals surface area contributed by atoms with Crippen LogP contribution in [0, 0.1) is 6.92 Å². The molecule has 0 aliphatic rings. The van der Waals surface area contributed by atoms with E-state index in [1.165, 1.54) is 16.1 Å². The van der Waals surface area contributed by atoms with Gasteiger partial charge in [-0.05, 0) is 48.2 Å². The Morgan fingerprint density at radius 1 is 1.24 bits per heavy atom. The van der Waals surface area contributed by atoms with E-state index in [1.807, 2.05) is 36.8 Å². The molecule has 4 nitrogen and oxygen atoms in total. The first kappa shape index (κ1) is 16.1. The van der Waals surface area contributed by atoms with Crippen molar-refractivity contribution in [1.82, 2.24) is 14.5 Å². The van der Waals surface area contributed by atoms with Crippen molar-refractivity contribution in [3.8, 4) is 10.6 Å². The van der Waals surface area contributed by atoms with Crippen molar-refractivity contribution < 1.29 is 0 Å². The Morgan fingerprint density at radius 3 is 3.00 bits per heavy atom. The first-order valence-electron chi connectivity index (χ1n) is 8.05. The number of fused-ring (bicyclic) bond motifs is 1. The van der Waals surface area contributed by atoms with Crippen molar-refractivity contribution >= 4 is 39.5 Å².